The molecule has 0 aromatic heterocycles. The topological polar surface area (TPSA) is 112 Å². The second-order valence-corrected chi connectivity index (χ2v) is 2.64. The zero-order valence-corrected chi connectivity index (χ0v) is 12.0. The molecule has 0 saturated heterocycles. The standard InChI is InChI=1S/C9H6O6.Ca.Cd.2H/c10-7(11)4-2-1-3-5(8(12)13)6(4)9(14)15;;;;/h1-3H,(H,10,11)(H,12,13)(H,14,15);;;;. The smallest absolute Gasteiger partial charge is 0 e. The molecule has 17 heavy (non-hydrogen) atoms. The van der Waals surface area contributed by atoms with E-state index in [-0.39, 0.29) is 65.0 Å². The molecule has 0 aliphatic heterocycles. The number of rotatable bonds is 3. The molecule has 0 atom stereocenters. The Balaban J connectivity index is 0. The molecule has 8 heteroatoms. The molecule has 3 N–H and O–H groups in total. The second-order valence-electron chi connectivity index (χ2n) is 2.64. The van der Waals surface area contributed by atoms with Crippen LogP contribution in [0.4, 0.5) is 0 Å². The number of carboxylic acids is 3. The van der Waals surface area contributed by atoms with E-state index in [4.69, 9.17) is 15.3 Å². The summed E-state index contributed by atoms with van der Waals surface area (Å²) in [6.07, 6.45) is 0. The van der Waals surface area contributed by atoms with Crippen LogP contribution in [0.5, 0.6) is 0 Å². The average molecular weight is 365 g/mol. The maximum atomic E-state index is 10.7. The van der Waals surface area contributed by atoms with Crippen LogP contribution >= 0.6 is 0 Å². The fourth-order valence-corrected chi connectivity index (χ4v) is 1.14. The normalized spacial score (nSPS) is 8.47. The van der Waals surface area contributed by atoms with Gasteiger partial charge in [0.2, 0.25) is 0 Å². The summed E-state index contributed by atoms with van der Waals surface area (Å²) < 4.78 is 0. The van der Waals surface area contributed by atoms with Crippen LogP contribution in [0, 0.1) is 0 Å². The summed E-state index contributed by atoms with van der Waals surface area (Å²) in [6.45, 7) is 0. The first-order chi connectivity index (χ1) is 6.95. The van der Waals surface area contributed by atoms with E-state index in [1.54, 1.807) is 0 Å². The van der Waals surface area contributed by atoms with E-state index in [1.165, 1.54) is 6.07 Å². The molecule has 84 valence electrons. The van der Waals surface area contributed by atoms with Gasteiger partial charge in [-0.25, -0.2) is 14.4 Å². The fourth-order valence-electron chi connectivity index (χ4n) is 1.14. The monoisotopic (exact) mass is 366 g/mol. The van der Waals surface area contributed by atoms with Crippen molar-refractivity contribution in [2.75, 3.05) is 0 Å². The van der Waals surface area contributed by atoms with Gasteiger partial charge in [-0.1, -0.05) is 6.07 Å². The van der Waals surface area contributed by atoms with Gasteiger partial charge in [-0.05, 0) is 12.1 Å². The van der Waals surface area contributed by atoms with Crippen molar-refractivity contribution in [1.29, 1.82) is 0 Å². The maximum absolute atomic E-state index is 10.7. The van der Waals surface area contributed by atoms with Crippen molar-refractivity contribution < 1.29 is 57.0 Å². The van der Waals surface area contributed by atoms with Crippen molar-refractivity contribution in [2.24, 2.45) is 0 Å². The zero-order chi connectivity index (χ0) is 11.6. The second kappa shape index (κ2) is 8.01. The quantitative estimate of drug-likeness (QED) is 0.644. The summed E-state index contributed by atoms with van der Waals surface area (Å²) in [5.41, 5.74) is -1.79. The predicted molar refractivity (Wildman–Crippen MR) is 55.9 cm³/mol. The molecule has 0 saturated carbocycles. The van der Waals surface area contributed by atoms with Gasteiger partial charge >= 0.3 is 55.6 Å². The van der Waals surface area contributed by atoms with E-state index in [0.717, 1.165) is 12.1 Å². The SMILES string of the molecule is O=C(O)c1cccc(C(=O)O)c1C(=O)O.[CaH2].[Cd]. The van der Waals surface area contributed by atoms with Crippen molar-refractivity contribution >= 4 is 55.6 Å². The molecule has 0 aliphatic rings. The minimum atomic E-state index is -1.58. The Morgan fingerprint density at radius 1 is 0.824 bits per heavy atom. The Morgan fingerprint density at radius 2 is 1.18 bits per heavy atom. The molecule has 0 spiro atoms. The van der Waals surface area contributed by atoms with E-state index in [9.17, 15) is 14.4 Å². The van der Waals surface area contributed by atoms with Crippen molar-refractivity contribution in [2.45, 2.75) is 0 Å². The van der Waals surface area contributed by atoms with Crippen LogP contribution in [0.2, 0.25) is 0 Å². The molecular weight excluding hydrogens is 357 g/mol. The van der Waals surface area contributed by atoms with Gasteiger partial charge in [0.25, 0.3) is 0 Å². The number of hydrogen-bond acceptors (Lipinski definition) is 3. The third-order valence-corrected chi connectivity index (χ3v) is 1.74. The van der Waals surface area contributed by atoms with E-state index in [0.29, 0.717) is 0 Å². The first-order valence-corrected chi connectivity index (χ1v) is 3.78. The molecular formula is C9H8CaCdO6. The zero-order valence-electron chi connectivity index (χ0n) is 8.01. The van der Waals surface area contributed by atoms with Gasteiger partial charge in [0, 0.05) is 27.3 Å². The largest absolute Gasteiger partial charge is 0 e. The number of carbonyl (C=O) groups is 3. The Labute approximate surface area is 146 Å². The molecule has 1 aromatic carbocycles. The molecule has 6 nitrogen and oxygen atoms in total. The first-order valence-electron chi connectivity index (χ1n) is 3.78. The van der Waals surface area contributed by atoms with E-state index in [1.807, 2.05) is 0 Å². The average Bonchev–Trinajstić information content (AvgIpc) is 2.16. The Kier molecular flexibility index (Phi) is 9.03. The van der Waals surface area contributed by atoms with Crippen LogP contribution in [-0.4, -0.2) is 71.0 Å². The summed E-state index contributed by atoms with van der Waals surface area (Å²) in [7, 11) is 0. The maximum Gasteiger partial charge on any atom is 0 e. The Hall–Kier alpha value is -0.188. The molecule has 0 heterocycles. The van der Waals surface area contributed by atoms with Crippen molar-refractivity contribution in [3.8, 4) is 0 Å². The Bertz CT molecular complexity index is 427. The van der Waals surface area contributed by atoms with Crippen LogP contribution in [0.25, 0.3) is 0 Å². The van der Waals surface area contributed by atoms with Gasteiger partial charge in [0.1, 0.15) is 0 Å². The molecule has 0 fully saturated rings. The molecule has 1 aromatic rings. The number of aromatic carboxylic acids is 3. The minimum absolute atomic E-state index is 0. The molecule has 0 aliphatic carbocycles. The van der Waals surface area contributed by atoms with Gasteiger partial charge in [0.15, 0.2) is 0 Å². The third kappa shape index (κ3) is 4.53. The van der Waals surface area contributed by atoms with Gasteiger partial charge < -0.3 is 15.3 Å². The van der Waals surface area contributed by atoms with E-state index < -0.39 is 34.6 Å². The van der Waals surface area contributed by atoms with Crippen LogP contribution in [-0.2, 0) is 27.3 Å². The molecule has 1 rings (SSSR count). The van der Waals surface area contributed by atoms with Crippen molar-refractivity contribution in [3.63, 3.8) is 0 Å². The van der Waals surface area contributed by atoms with Gasteiger partial charge in [-0.2, -0.15) is 0 Å². The van der Waals surface area contributed by atoms with Crippen molar-refractivity contribution in [1.82, 2.24) is 0 Å². The van der Waals surface area contributed by atoms with E-state index >= 15 is 0 Å². The summed E-state index contributed by atoms with van der Waals surface area (Å²) in [4.78, 5) is 32.0. The summed E-state index contributed by atoms with van der Waals surface area (Å²) >= 11 is 0. The van der Waals surface area contributed by atoms with Crippen LogP contribution in [0.3, 0.4) is 0 Å². The first kappa shape index (κ1) is 19.2. The Morgan fingerprint density at radius 3 is 1.41 bits per heavy atom. The third-order valence-electron chi connectivity index (χ3n) is 1.74. The summed E-state index contributed by atoms with van der Waals surface area (Å²) in [6, 6.07) is 3.26. The molecule has 0 radical (unpaired) electrons. The predicted octanol–water partition coefficient (Wildman–Crippen LogP) is -0.137. The van der Waals surface area contributed by atoms with Crippen LogP contribution in [0.1, 0.15) is 31.1 Å². The summed E-state index contributed by atoms with van der Waals surface area (Å²) in [5.74, 6) is -4.53. The van der Waals surface area contributed by atoms with Gasteiger partial charge in [-0.15, -0.1) is 0 Å². The van der Waals surface area contributed by atoms with Gasteiger partial charge in [-0.3, -0.25) is 0 Å². The molecule has 0 amide bonds. The number of hydrogen-bond donors (Lipinski definition) is 3. The summed E-state index contributed by atoms with van der Waals surface area (Å²) in [5, 5.41) is 26.0. The van der Waals surface area contributed by atoms with Crippen molar-refractivity contribution in [3.05, 3.63) is 34.9 Å². The molecule has 0 unspecified atom stereocenters. The van der Waals surface area contributed by atoms with Gasteiger partial charge in [0.05, 0.1) is 16.7 Å². The number of benzene rings is 1. The minimum Gasteiger partial charge on any atom is 0 e. The molecule has 0 bridgehead atoms. The van der Waals surface area contributed by atoms with Crippen LogP contribution < -0.4 is 0 Å². The number of carboxylic acid groups (broad SMARTS) is 3. The van der Waals surface area contributed by atoms with Crippen LogP contribution in [0.15, 0.2) is 18.2 Å². The van der Waals surface area contributed by atoms with E-state index in [2.05, 4.69) is 0 Å². The fraction of sp³-hybridized carbons (Fsp3) is 0.